The molecule has 0 aromatic heterocycles. The fraction of sp³-hybridized carbons (Fsp3) is 0.650. The third-order valence-corrected chi connectivity index (χ3v) is 5.09. The van der Waals surface area contributed by atoms with Crippen LogP contribution < -0.4 is 0 Å². The quantitative estimate of drug-likeness (QED) is 0.340. The van der Waals surface area contributed by atoms with Crippen LogP contribution in [0, 0.1) is 24.2 Å². The van der Waals surface area contributed by atoms with Gasteiger partial charge in [0, 0.05) is 12.8 Å². The summed E-state index contributed by atoms with van der Waals surface area (Å²) in [4.78, 5) is 10.4. The molecule has 0 bridgehead atoms. The standard InChI is InChI=1S/C20H28O3/c1-5-18-16(3)10-12-20(22-18)13-11-17(4)19(23-20)9-8-15(2)7-6-14-21/h1,6-8,14,16-19H,9-13H2,2-4H3/b7-6+,15-8+/t16-,17-,18-,19+,20-/m0/s1. The van der Waals surface area contributed by atoms with E-state index >= 15 is 0 Å². The Kier molecular flexibility index (Phi) is 6.21. The summed E-state index contributed by atoms with van der Waals surface area (Å²) < 4.78 is 12.6. The first-order chi connectivity index (χ1) is 11.0. The fourth-order valence-electron chi connectivity index (χ4n) is 3.40. The molecule has 2 aliphatic rings. The number of hydrogen-bond donors (Lipinski definition) is 0. The van der Waals surface area contributed by atoms with Gasteiger partial charge in [-0.05, 0) is 44.1 Å². The highest BCUT2D eigenvalue weighted by atomic mass is 16.7. The Balaban J connectivity index is 2.03. The molecule has 2 heterocycles. The lowest BCUT2D eigenvalue weighted by Gasteiger charge is -2.48. The highest BCUT2D eigenvalue weighted by molar-refractivity contribution is 5.65. The Labute approximate surface area is 140 Å². The van der Waals surface area contributed by atoms with E-state index in [1.54, 1.807) is 0 Å². The molecule has 0 N–H and O–H groups in total. The van der Waals surface area contributed by atoms with Crippen molar-refractivity contribution in [3.05, 3.63) is 23.8 Å². The molecule has 2 saturated heterocycles. The van der Waals surface area contributed by atoms with E-state index < -0.39 is 5.79 Å². The van der Waals surface area contributed by atoms with E-state index in [1.165, 1.54) is 6.08 Å². The van der Waals surface area contributed by atoms with Crippen LogP contribution in [0.3, 0.4) is 0 Å². The lowest BCUT2D eigenvalue weighted by molar-refractivity contribution is -0.321. The van der Waals surface area contributed by atoms with Gasteiger partial charge in [0.05, 0.1) is 6.10 Å². The Morgan fingerprint density at radius 1 is 1.26 bits per heavy atom. The molecule has 2 rings (SSSR count). The monoisotopic (exact) mass is 316 g/mol. The van der Waals surface area contributed by atoms with Gasteiger partial charge in [0.1, 0.15) is 12.4 Å². The molecule has 0 amide bonds. The first-order valence-corrected chi connectivity index (χ1v) is 8.60. The molecule has 0 unspecified atom stereocenters. The molecule has 5 atom stereocenters. The zero-order valence-corrected chi connectivity index (χ0v) is 14.5. The maximum Gasteiger partial charge on any atom is 0.170 e. The van der Waals surface area contributed by atoms with Crippen LogP contribution in [0.4, 0.5) is 0 Å². The molecular formula is C20H28O3. The van der Waals surface area contributed by atoms with Crippen LogP contribution in [0.1, 0.15) is 52.9 Å². The lowest BCUT2D eigenvalue weighted by Crippen LogP contribution is -2.51. The second-order valence-corrected chi connectivity index (χ2v) is 6.98. The van der Waals surface area contributed by atoms with Crippen molar-refractivity contribution in [2.75, 3.05) is 0 Å². The number of rotatable bonds is 4. The van der Waals surface area contributed by atoms with Gasteiger partial charge in [0.2, 0.25) is 0 Å². The van der Waals surface area contributed by atoms with Crippen LogP contribution in [0.2, 0.25) is 0 Å². The van der Waals surface area contributed by atoms with Crippen molar-refractivity contribution in [1.82, 2.24) is 0 Å². The molecule has 0 aliphatic carbocycles. The first-order valence-electron chi connectivity index (χ1n) is 8.60. The second kappa shape index (κ2) is 7.95. The van der Waals surface area contributed by atoms with E-state index in [9.17, 15) is 4.79 Å². The summed E-state index contributed by atoms with van der Waals surface area (Å²) in [6.45, 7) is 6.37. The summed E-state index contributed by atoms with van der Waals surface area (Å²) in [7, 11) is 0. The third-order valence-electron chi connectivity index (χ3n) is 5.09. The minimum atomic E-state index is -0.499. The molecule has 3 nitrogen and oxygen atoms in total. The fourth-order valence-corrected chi connectivity index (χ4v) is 3.40. The molecule has 2 fully saturated rings. The lowest BCUT2D eigenvalue weighted by atomic mass is 9.84. The molecular weight excluding hydrogens is 288 g/mol. The average molecular weight is 316 g/mol. The van der Waals surface area contributed by atoms with Crippen molar-refractivity contribution in [3.8, 4) is 12.3 Å². The zero-order chi connectivity index (χ0) is 16.9. The summed E-state index contributed by atoms with van der Waals surface area (Å²) in [6, 6.07) is 0. The van der Waals surface area contributed by atoms with E-state index in [2.05, 4.69) is 25.8 Å². The summed E-state index contributed by atoms with van der Waals surface area (Å²) in [5, 5.41) is 0. The smallest absolute Gasteiger partial charge is 0.170 e. The van der Waals surface area contributed by atoms with Gasteiger partial charge in [-0.1, -0.05) is 37.5 Å². The van der Waals surface area contributed by atoms with Crippen LogP contribution in [-0.2, 0) is 14.3 Å². The topological polar surface area (TPSA) is 35.5 Å². The van der Waals surface area contributed by atoms with Crippen LogP contribution in [-0.4, -0.2) is 24.3 Å². The maximum absolute atomic E-state index is 10.4. The van der Waals surface area contributed by atoms with Crippen molar-refractivity contribution >= 4 is 6.29 Å². The third kappa shape index (κ3) is 4.56. The van der Waals surface area contributed by atoms with E-state index in [0.29, 0.717) is 11.8 Å². The molecule has 2 aliphatic heterocycles. The second-order valence-electron chi connectivity index (χ2n) is 6.98. The summed E-state index contributed by atoms with van der Waals surface area (Å²) in [5.74, 6) is 3.15. The predicted octanol–water partition coefficient (Wildman–Crippen LogP) is 4.04. The Morgan fingerprint density at radius 3 is 2.61 bits per heavy atom. The number of carbonyl (C=O) groups excluding carboxylic acids is 1. The minimum Gasteiger partial charge on any atom is -0.346 e. The minimum absolute atomic E-state index is 0.134. The maximum atomic E-state index is 10.4. The number of carbonyl (C=O) groups is 1. The molecule has 1 spiro atoms. The van der Waals surface area contributed by atoms with Crippen molar-refractivity contribution < 1.29 is 14.3 Å². The van der Waals surface area contributed by atoms with Crippen molar-refractivity contribution in [1.29, 1.82) is 0 Å². The number of aldehydes is 1. The SMILES string of the molecule is C#C[C@@H]1O[C@]2(CC[C@@H]1C)CC[C@H](C)[C@@H](C/C=C(C)/C=C/C=O)O2. The summed E-state index contributed by atoms with van der Waals surface area (Å²) in [5.41, 5.74) is 1.08. The zero-order valence-electron chi connectivity index (χ0n) is 14.5. The van der Waals surface area contributed by atoms with E-state index in [0.717, 1.165) is 44.0 Å². The molecule has 23 heavy (non-hydrogen) atoms. The van der Waals surface area contributed by atoms with Crippen LogP contribution >= 0.6 is 0 Å². The van der Waals surface area contributed by atoms with E-state index in [4.69, 9.17) is 15.9 Å². The van der Waals surface area contributed by atoms with Gasteiger partial charge in [-0.15, -0.1) is 6.42 Å². The van der Waals surface area contributed by atoms with E-state index in [1.807, 2.05) is 13.0 Å². The van der Waals surface area contributed by atoms with Crippen LogP contribution in [0.15, 0.2) is 23.8 Å². The highest BCUT2D eigenvalue weighted by Gasteiger charge is 2.45. The van der Waals surface area contributed by atoms with Gasteiger partial charge in [-0.3, -0.25) is 4.79 Å². The van der Waals surface area contributed by atoms with Gasteiger partial charge < -0.3 is 9.47 Å². The molecule has 126 valence electrons. The largest absolute Gasteiger partial charge is 0.346 e. The van der Waals surface area contributed by atoms with Crippen molar-refractivity contribution in [2.24, 2.45) is 11.8 Å². The van der Waals surface area contributed by atoms with Crippen molar-refractivity contribution in [2.45, 2.75) is 70.9 Å². The Bertz CT molecular complexity index is 509. The van der Waals surface area contributed by atoms with Gasteiger partial charge in [-0.25, -0.2) is 0 Å². The van der Waals surface area contributed by atoms with Crippen molar-refractivity contribution in [3.63, 3.8) is 0 Å². The van der Waals surface area contributed by atoms with Gasteiger partial charge >= 0.3 is 0 Å². The number of terminal acetylenes is 1. The summed E-state index contributed by atoms with van der Waals surface area (Å²) in [6.07, 6.45) is 16.7. The molecule has 0 aromatic rings. The first kappa shape index (κ1) is 18.0. The molecule has 0 saturated carbocycles. The Morgan fingerprint density at radius 2 is 1.96 bits per heavy atom. The normalized spacial score (nSPS) is 38.6. The molecule has 0 radical (unpaired) electrons. The van der Waals surface area contributed by atoms with Gasteiger partial charge in [0.25, 0.3) is 0 Å². The number of hydrogen-bond acceptors (Lipinski definition) is 3. The Hall–Kier alpha value is -1.37. The van der Waals surface area contributed by atoms with Gasteiger partial charge in [-0.2, -0.15) is 0 Å². The highest BCUT2D eigenvalue weighted by Crippen LogP contribution is 2.43. The van der Waals surface area contributed by atoms with Crippen LogP contribution in [0.25, 0.3) is 0 Å². The van der Waals surface area contributed by atoms with E-state index in [-0.39, 0.29) is 12.2 Å². The number of ether oxygens (including phenoxy) is 2. The van der Waals surface area contributed by atoms with Gasteiger partial charge in [0.15, 0.2) is 5.79 Å². The molecule has 0 aromatic carbocycles. The van der Waals surface area contributed by atoms with Crippen LogP contribution in [0.5, 0.6) is 0 Å². The number of allylic oxidation sites excluding steroid dienone is 3. The summed E-state index contributed by atoms with van der Waals surface area (Å²) >= 11 is 0. The average Bonchev–Trinajstić information content (AvgIpc) is 2.56. The molecule has 3 heteroatoms. The predicted molar refractivity (Wildman–Crippen MR) is 91.7 cm³/mol.